The molecule has 12 heteroatoms. The first-order valence-electron chi connectivity index (χ1n) is 9.35. The Balaban J connectivity index is 2.85. The Kier molecular flexibility index (Phi) is 9.27. The number of carbonyl (C=O) groups excluding carboxylic acids is 2. The van der Waals surface area contributed by atoms with Gasteiger partial charge in [0.15, 0.2) is 18.1 Å². The van der Waals surface area contributed by atoms with Crippen molar-refractivity contribution < 1.29 is 36.3 Å². The van der Waals surface area contributed by atoms with E-state index in [9.17, 15) is 22.8 Å². The first kappa shape index (κ1) is 25.4. The van der Waals surface area contributed by atoms with Gasteiger partial charge in [-0.3, -0.25) is 0 Å². The number of aryl methyl sites for hydroxylation is 1. The second kappa shape index (κ2) is 11.0. The zero-order valence-corrected chi connectivity index (χ0v) is 18.5. The molecular weight excluding hydrogens is 420 g/mol. The van der Waals surface area contributed by atoms with Crippen molar-refractivity contribution in [2.24, 2.45) is 4.40 Å². The van der Waals surface area contributed by atoms with Crippen LogP contribution in [0.15, 0.2) is 18.0 Å². The summed E-state index contributed by atoms with van der Waals surface area (Å²) in [6, 6.07) is -1.27. The standard InChI is InChI=1S/C18H28N2O9S/c1-6-7-10-30(24,25)19-9-8-13(20-16(22)29-18(3,4)5)15(21)26-11-14-12(2)27-17(23)28-14/h9,13H,6-8,10-11H2,1-5H3,(H,20,22)/t13-/m0/s1. The predicted molar refractivity (Wildman–Crippen MR) is 107 cm³/mol. The van der Waals surface area contributed by atoms with Gasteiger partial charge in [-0.05, 0) is 34.1 Å². The molecule has 0 unspecified atom stereocenters. The molecule has 0 aliphatic rings. The van der Waals surface area contributed by atoms with Crippen LogP contribution in [0.5, 0.6) is 0 Å². The molecule has 0 saturated carbocycles. The predicted octanol–water partition coefficient (Wildman–Crippen LogP) is 2.07. The number of carbonyl (C=O) groups is 2. The van der Waals surface area contributed by atoms with Gasteiger partial charge in [0.2, 0.25) is 0 Å². The summed E-state index contributed by atoms with van der Waals surface area (Å²) in [6.45, 7) is 7.83. The Hall–Kier alpha value is -2.63. The minimum atomic E-state index is -3.67. The van der Waals surface area contributed by atoms with E-state index in [0.29, 0.717) is 12.8 Å². The summed E-state index contributed by atoms with van der Waals surface area (Å²) in [7, 11) is -3.67. The highest BCUT2D eigenvalue weighted by atomic mass is 32.2. The lowest BCUT2D eigenvalue weighted by Gasteiger charge is -2.22. The zero-order chi connectivity index (χ0) is 22.9. The van der Waals surface area contributed by atoms with Crippen molar-refractivity contribution in [3.63, 3.8) is 0 Å². The molecular formula is C18H28N2O9S. The summed E-state index contributed by atoms with van der Waals surface area (Å²) < 4.78 is 46.7. The highest BCUT2D eigenvalue weighted by Crippen LogP contribution is 2.10. The van der Waals surface area contributed by atoms with Crippen molar-refractivity contribution in [3.8, 4) is 0 Å². The van der Waals surface area contributed by atoms with Gasteiger partial charge in [-0.1, -0.05) is 13.3 Å². The molecule has 0 aliphatic carbocycles. The lowest BCUT2D eigenvalue weighted by atomic mass is 10.2. The molecule has 0 fully saturated rings. The van der Waals surface area contributed by atoms with Gasteiger partial charge in [0.05, 0.1) is 5.75 Å². The van der Waals surface area contributed by atoms with E-state index in [2.05, 4.69) is 14.1 Å². The minimum Gasteiger partial charge on any atom is -0.456 e. The summed E-state index contributed by atoms with van der Waals surface area (Å²) in [5.41, 5.74) is -0.812. The number of nitrogens with one attached hydrogen (secondary N) is 1. The van der Waals surface area contributed by atoms with Crippen LogP contribution in [0.3, 0.4) is 0 Å². The van der Waals surface area contributed by atoms with E-state index in [4.69, 9.17) is 13.9 Å². The van der Waals surface area contributed by atoms with Gasteiger partial charge in [0.1, 0.15) is 11.6 Å². The van der Waals surface area contributed by atoms with Crippen molar-refractivity contribution in [1.82, 2.24) is 5.32 Å². The molecule has 1 rings (SSSR count). The molecule has 0 saturated heterocycles. The van der Waals surface area contributed by atoms with Gasteiger partial charge in [-0.15, -0.1) is 0 Å². The molecule has 1 aromatic heterocycles. The normalized spacial score (nSPS) is 13.2. The van der Waals surface area contributed by atoms with Crippen molar-refractivity contribution in [2.45, 2.75) is 72.1 Å². The number of amides is 1. The van der Waals surface area contributed by atoms with E-state index in [0.717, 1.165) is 6.21 Å². The maximum Gasteiger partial charge on any atom is 0.519 e. The maximum atomic E-state index is 12.4. The van der Waals surface area contributed by atoms with Crippen LogP contribution in [-0.2, 0) is 30.9 Å². The van der Waals surface area contributed by atoms with E-state index in [1.54, 1.807) is 20.8 Å². The number of sulfonamides is 1. The van der Waals surface area contributed by atoms with Crippen LogP contribution < -0.4 is 11.1 Å². The third-order valence-electron chi connectivity index (χ3n) is 3.49. The number of alkyl carbamates (subject to hydrolysis) is 1. The van der Waals surface area contributed by atoms with E-state index in [1.807, 2.05) is 6.92 Å². The highest BCUT2D eigenvalue weighted by Gasteiger charge is 2.26. The Morgan fingerprint density at radius 1 is 1.27 bits per heavy atom. The second-order valence-corrected chi connectivity index (χ2v) is 9.19. The largest absolute Gasteiger partial charge is 0.519 e. The molecule has 1 heterocycles. The topological polar surface area (TPSA) is 154 Å². The highest BCUT2D eigenvalue weighted by molar-refractivity contribution is 7.90. The zero-order valence-electron chi connectivity index (χ0n) is 17.7. The van der Waals surface area contributed by atoms with Crippen LogP contribution in [0.1, 0.15) is 58.5 Å². The Labute approximate surface area is 174 Å². The molecule has 30 heavy (non-hydrogen) atoms. The molecule has 0 aromatic carbocycles. The first-order chi connectivity index (χ1) is 13.8. The van der Waals surface area contributed by atoms with Gasteiger partial charge in [0.25, 0.3) is 10.0 Å². The van der Waals surface area contributed by atoms with Crippen molar-refractivity contribution in [1.29, 1.82) is 0 Å². The van der Waals surface area contributed by atoms with Crippen LogP contribution in [-0.4, -0.2) is 44.1 Å². The maximum absolute atomic E-state index is 12.4. The molecule has 11 nitrogen and oxygen atoms in total. The average Bonchev–Trinajstić information content (AvgIpc) is 2.92. The van der Waals surface area contributed by atoms with Gasteiger partial charge in [0, 0.05) is 12.6 Å². The fourth-order valence-electron chi connectivity index (χ4n) is 2.05. The summed E-state index contributed by atoms with van der Waals surface area (Å²) >= 11 is 0. The number of ether oxygens (including phenoxy) is 2. The first-order valence-corrected chi connectivity index (χ1v) is 11.0. The van der Waals surface area contributed by atoms with E-state index in [-0.39, 0.29) is 23.7 Å². The lowest BCUT2D eigenvalue weighted by Crippen LogP contribution is -2.44. The number of rotatable bonds is 10. The van der Waals surface area contributed by atoms with Gasteiger partial charge in [-0.2, -0.15) is 4.40 Å². The number of esters is 1. The monoisotopic (exact) mass is 448 g/mol. The number of hydrogen-bond donors (Lipinski definition) is 1. The van der Waals surface area contributed by atoms with E-state index < -0.39 is 46.2 Å². The Morgan fingerprint density at radius 3 is 2.47 bits per heavy atom. The Morgan fingerprint density at radius 2 is 1.93 bits per heavy atom. The quantitative estimate of drug-likeness (QED) is 0.418. The SMILES string of the molecule is CCCCS(=O)(=O)N=CC[C@H](NC(=O)OC(C)(C)C)C(=O)OCc1oc(=O)oc1C. The minimum absolute atomic E-state index is 0.0141. The van der Waals surface area contributed by atoms with Gasteiger partial charge in [-0.25, -0.2) is 22.8 Å². The molecule has 0 spiro atoms. The van der Waals surface area contributed by atoms with Gasteiger partial charge >= 0.3 is 17.9 Å². The van der Waals surface area contributed by atoms with Crippen LogP contribution >= 0.6 is 0 Å². The third-order valence-corrected chi connectivity index (χ3v) is 4.76. The Bertz CT molecular complexity index is 907. The molecule has 1 aromatic rings. The fourth-order valence-corrected chi connectivity index (χ4v) is 3.12. The van der Waals surface area contributed by atoms with Gasteiger partial charge < -0.3 is 23.6 Å². The van der Waals surface area contributed by atoms with Crippen LogP contribution in [0.4, 0.5) is 4.79 Å². The number of hydrogen-bond acceptors (Lipinski definition) is 9. The lowest BCUT2D eigenvalue weighted by molar-refractivity contribution is -0.147. The molecule has 1 amide bonds. The van der Waals surface area contributed by atoms with Crippen LogP contribution in [0, 0.1) is 6.92 Å². The molecule has 0 aliphatic heterocycles. The average molecular weight is 448 g/mol. The smallest absolute Gasteiger partial charge is 0.456 e. The summed E-state index contributed by atoms with van der Waals surface area (Å²) in [6.07, 6.45) is 1.02. The molecule has 1 atom stereocenters. The molecule has 0 radical (unpaired) electrons. The second-order valence-electron chi connectivity index (χ2n) is 7.40. The number of nitrogens with zero attached hydrogens (tertiary/aromatic N) is 1. The molecule has 170 valence electrons. The van der Waals surface area contributed by atoms with Crippen LogP contribution in [0.25, 0.3) is 0 Å². The van der Waals surface area contributed by atoms with Crippen molar-refractivity contribution in [3.05, 3.63) is 22.1 Å². The van der Waals surface area contributed by atoms with Crippen LogP contribution in [0.2, 0.25) is 0 Å². The molecule has 0 bridgehead atoms. The van der Waals surface area contributed by atoms with E-state index >= 15 is 0 Å². The van der Waals surface area contributed by atoms with E-state index in [1.165, 1.54) is 6.92 Å². The summed E-state index contributed by atoms with van der Waals surface area (Å²) in [5.74, 6) is -1.80. The van der Waals surface area contributed by atoms with Crippen molar-refractivity contribution in [2.75, 3.05) is 5.75 Å². The number of unbranched alkanes of at least 4 members (excludes halogenated alkanes) is 1. The third kappa shape index (κ3) is 9.72. The summed E-state index contributed by atoms with van der Waals surface area (Å²) in [5, 5.41) is 2.32. The summed E-state index contributed by atoms with van der Waals surface area (Å²) in [4.78, 5) is 35.5. The molecule has 1 N–H and O–H groups in total. The fraction of sp³-hybridized carbons (Fsp3) is 0.667. The van der Waals surface area contributed by atoms with Crippen molar-refractivity contribution >= 4 is 28.3 Å².